The highest BCUT2D eigenvalue weighted by Crippen LogP contribution is 2.26. The summed E-state index contributed by atoms with van der Waals surface area (Å²) in [5.41, 5.74) is 4.66. The number of amides is 3. The summed E-state index contributed by atoms with van der Waals surface area (Å²) in [4.78, 5) is 40.8. The van der Waals surface area contributed by atoms with Crippen molar-refractivity contribution < 1.29 is 19.6 Å². The van der Waals surface area contributed by atoms with Gasteiger partial charge >= 0.3 is 0 Å². The van der Waals surface area contributed by atoms with Crippen molar-refractivity contribution in [1.82, 2.24) is 21.1 Å². The van der Waals surface area contributed by atoms with Crippen LogP contribution in [0, 0.1) is 5.92 Å². The van der Waals surface area contributed by atoms with Crippen molar-refractivity contribution in [3.05, 3.63) is 35.5 Å². The van der Waals surface area contributed by atoms with Gasteiger partial charge < -0.3 is 15.6 Å². The number of hydroxylamine groups is 1. The number of H-pyrrole nitrogens is 1. The number of unbranched alkanes of at least 4 members (excludes halogenated alkanes) is 9. The van der Waals surface area contributed by atoms with E-state index >= 15 is 0 Å². The summed E-state index contributed by atoms with van der Waals surface area (Å²) in [7, 11) is 0. The Hall–Kier alpha value is -2.87. The molecule has 0 aliphatic heterocycles. The fourth-order valence-electron chi connectivity index (χ4n) is 4.98. The number of aromatic amines is 1. The number of aromatic nitrogens is 1. The normalized spacial score (nSPS) is 12.0. The third kappa shape index (κ3) is 12.2. The molecule has 1 aromatic carbocycles. The van der Waals surface area contributed by atoms with E-state index in [1.54, 1.807) is 0 Å². The molecule has 0 aliphatic carbocycles. The summed E-state index contributed by atoms with van der Waals surface area (Å²) in [5, 5.41) is 15.6. The molecule has 1 aromatic heterocycles. The predicted molar refractivity (Wildman–Crippen MR) is 156 cm³/mol. The van der Waals surface area contributed by atoms with Gasteiger partial charge in [0.05, 0.1) is 0 Å². The number of para-hydroxylation sites is 1. The Labute approximate surface area is 234 Å². The Bertz CT molecular complexity index is 1020. The minimum absolute atomic E-state index is 0.110. The Morgan fingerprint density at radius 3 is 2.10 bits per heavy atom. The number of fused-ring (bicyclic) bond motifs is 1. The molecule has 0 bridgehead atoms. The fourth-order valence-corrected chi connectivity index (χ4v) is 4.98. The van der Waals surface area contributed by atoms with E-state index in [0.29, 0.717) is 18.9 Å². The maximum Gasteiger partial charge on any atom is 0.243 e. The van der Waals surface area contributed by atoms with Crippen LogP contribution in [-0.4, -0.2) is 40.5 Å². The van der Waals surface area contributed by atoms with Crippen molar-refractivity contribution in [1.29, 1.82) is 0 Å². The molecule has 0 unspecified atom stereocenters. The Kier molecular flexibility index (Phi) is 15.3. The Morgan fingerprint density at radius 2 is 1.46 bits per heavy atom. The van der Waals surface area contributed by atoms with Crippen LogP contribution < -0.4 is 16.1 Å². The number of benzene rings is 1. The molecule has 0 spiro atoms. The minimum atomic E-state index is -0.761. The second kappa shape index (κ2) is 18.4. The maximum absolute atomic E-state index is 13.3. The lowest BCUT2D eigenvalue weighted by Gasteiger charge is -2.20. The van der Waals surface area contributed by atoms with E-state index in [4.69, 9.17) is 5.21 Å². The lowest BCUT2D eigenvalue weighted by molar-refractivity contribution is -0.132. The second-order valence-corrected chi connectivity index (χ2v) is 11.1. The highest BCUT2D eigenvalue weighted by molar-refractivity contribution is 5.91. The SMILES string of the molecule is CCCCCCCCCCCCNC(=O)[C@H](Cc1c(CC(C)C)[nH]c2ccccc12)NC(=O)CCC(=O)NO. The van der Waals surface area contributed by atoms with E-state index in [1.807, 2.05) is 24.3 Å². The quantitative estimate of drug-likeness (QED) is 0.0834. The molecule has 218 valence electrons. The van der Waals surface area contributed by atoms with Gasteiger partial charge in [0.15, 0.2) is 0 Å². The van der Waals surface area contributed by atoms with Crippen molar-refractivity contribution in [2.45, 2.75) is 117 Å². The minimum Gasteiger partial charge on any atom is -0.358 e. The number of hydrogen-bond acceptors (Lipinski definition) is 4. The van der Waals surface area contributed by atoms with Gasteiger partial charge in [-0.25, -0.2) is 5.48 Å². The van der Waals surface area contributed by atoms with E-state index in [2.05, 4.69) is 36.4 Å². The highest BCUT2D eigenvalue weighted by atomic mass is 16.5. The van der Waals surface area contributed by atoms with Crippen LogP contribution in [0.1, 0.15) is 109 Å². The van der Waals surface area contributed by atoms with E-state index in [0.717, 1.165) is 41.4 Å². The average molecular weight is 543 g/mol. The van der Waals surface area contributed by atoms with Gasteiger partial charge in [0.2, 0.25) is 17.7 Å². The summed E-state index contributed by atoms with van der Waals surface area (Å²) in [6.07, 6.45) is 13.2. The van der Waals surface area contributed by atoms with Crippen LogP contribution in [0.2, 0.25) is 0 Å². The molecular formula is C31H50N4O4. The predicted octanol–water partition coefficient (Wildman–Crippen LogP) is 5.72. The van der Waals surface area contributed by atoms with Gasteiger partial charge in [-0.05, 0) is 30.4 Å². The molecule has 2 aromatic rings. The summed E-state index contributed by atoms with van der Waals surface area (Å²) >= 11 is 0. The van der Waals surface area contributed by atoms with Gasteiger partial charge in [0, 0.05) is 42.4 Å². The molecule has 8 heteroatoms. The van der Waals surface area contributed by atoms with Crippen LogP contribution in [0.4, 0.5) is 0 Å². The van der Waals surface area contributed by atoms with Crippen molar-refractivity contribution in [2.75, 3.05) is 6.54 Å². The van der Waals surface area contributed by atoms with Gasteiger partial charge in [0.25, 0.3) is 0 Å². The molecule has 1 heterocycles. The third-order valence-electron chi connectivity index (χ3n) is 7.11. The van der Waals surface area contributed by atoms with Crippen molar-refractivity contribution in [3.8, 4) is 0 Å². The van der Waals surface area contributed by atoms with Gasteiger partial charge in [-0.15, -0.1) is 0 Å². The Morgan fingerprint density at radius 1 is 0.846 bits per heavy atom. The van der Waals surface area contributed by atoms with Crippen molar-refractivity contribution >= 4 is 28.6 Å². The molecule has 5 N–H and O–H groups in total. The molecule has 0 radical (unpaired) electrons. The Balaban J connectivity index is 1.97. The van der Waals surface area contributed by atoms with Crippen LogP contribution in [0.5, 0.6) is 0 Å². The third-order valence-corrected chi connectivity index (χ3v) is 7.11. The van der Waals surface area contributed by atoms with Crippen LogP contribution in [0.25, 0.3) is 10.9 Å². The van der Waals surface area contributed by atoms with Gasteiger partial charge in [-0.3, -0.25) is 19.6 Å². The highest BCUT2D eigenvalue weighted by Gasteiger charge is 2.25. The van der Waals surface area contributed by atoms with E-state index in [9.17, 15) is 14.4 Å². The van der Waals surface area contributed by atoms with Crippen LogP contribution in [0.3, 0.4) is 0 Å². The molecule has 3 amide bonds. The number of rotatable bonds is 20. The van der Waals surface area contributed by atoms with Crippen molar-refractivity contribution in [3.63, 3.8) is 0 Å². The molecular weight excluding hydrogens is 492 g/mol. The smallest absolute Gasteiger partial charge is 0.243 e. The molecule has 2 rings (SSSR count). The zero-order chi connectivity index (χ0) is 28.5. The number of nitrogens with one attached hydrogen (secondary N) is 4. The first-order valence-corrected chi connectivity index (χ1v) is 14.9. The molecule has 39 heavy (non-hydrogen) atoms. The lowest BCUT2D eigenvalue weighted by Crippen LogP contribution is -2.48. The molecule has 0 fully saturated rings. The summed E-state index contributed by atoms with van der Waals surface area (Å²) in [6.45, 7) is 7.11. The van der Waals surface area contributed by atoms with Gasteiger partial charge in [0.1, 0.15) is 6.04 Å². The standard InChI is InChI=1S/C31H50N4O4/c1-4-5-6-7-8-9-10-11-12-15-20-32-31(38)28(34-29(36)18-19-30(37)35-39)22-25-24-16-13-14-17-26(24)33-27(25)21-23(2)3/h13-14,16-17,23,28,33,39H,4-12,15,18-22H2,1-3H3,(H,32,38)(H,34,36)(H,35,37)/t28-/m0/s1. The average Bonchev–Trinajstić information content (AvgIpc) is 3.25. The number of hydrogen-bond donors (Lipinski definition) is 5. The maximum atomic E-state index is 13.3. The first kappa shape index (κ1) is 32.3. The first-order chi connectivity index (χ1) is 18.8. The van der Waals surface area contributed by atoms with Gasteiger partial charge in [-0.2, -0.15) is 0 Å². The fraction of sp³-hybridized carbons (Fsp3) is 0.645. The number of carbonyl (C=O) groups is 3. The molecule has 1 atom stereocenters. The molecule has 0 aliphatic rings. The summed E-state index contributed by atoms with van der Waals surface area (Å²) < 4.78 is 0. The summed E-state index contributed by atoms with van der Waals surface area (Å²) in [5.74, 6) is -0.829. The van der Waals surface area contributed by atoms with Crippen LogP contribution >= 0.6 is 0 Å². The number of carbonyl (C=O) groups excluding carboxylic acids is 3. The zero-order valence-electron chi connectivity index (χ0n) is 24.2. The summed E-state index contributed by atoms with van der Waals surface area (Å²) in [6, 6.07) is 7.26. The van der Waals surface area contributed by atoms with E-state index < -0.39 is 17.9 Å². The molecule has 0 saturated heterocycles. The van der Waals surface area contributed by atoms with E-state index in [-0.39, 0.29) is 18.7 Å². The van der Waals surface area contributed by atoms with E-state index in [1.165, 1.54) is 56.8 Å². The largest absolute Gasteiger partial charge is 0.358 e. The monoisotopic (exact) mass is 542 g/mol. The molecule has 8 nitrogen and oxygen atoms in total. The van der Waals surface area contributed by atoms with Crippen LogP contribution in [0.15, 0.2) is 24.3 Å². The zero-order valence-corrected chi connectivity index (χ0v) is 24.2. The topological polar surface area (TPSA) is 123 Å². The first-order valence-electron chi connectivity index (χ1n) is 14.9. The molecule has 0 saturated carbocycles. The van der Waals surface area contributed by atoms with Crippen LogP contribution in [-0.2, 0) is 27.2 Å². The second-order valence-electron chi connectivity index (χ2n) is 11.1. The lowest BCUT2D eigenvalue weighted by atomic mass is 9.97. The van der Waals surface area contributed by atoms with Crippen molar-refractivity contribution in [2.24, 2.45) is 5.92 Å². The van der Waals surface area contributed by atoms with Gasteiger partial charge in [-0.1, -0.05) is 96.8 Å².